The Morgan fingerprint density at radius 3 is 2.19 bits per heavy atom. The Hall–Kier alpha value is -2.33. The maximum atomic E-state index is 12.6. The number of likely N-dealkylation sites (tertiary alicyclic amines) is 1. The smallest absolute Gasteiger partial charge is 0.319 e. The predicted octanol–water partition coefficient (Wildman–Crippen LogP) is 4.60. The van der Waals surface area contributed by atoms with Gasteiger partial charge in [0.05, 0.1) is 0 Å². The van der Waals surface area contributed by atoms with E-state index < -0.39 is 0 Å². The number of anilines is 1. The fourth-order valence-corrected chi connectivity index (χ4v) is 3.82. The van der Waals surface area contributed by atoms with Crippen LogP contribution in [-0.2, 0) is 19.4 Å². The van der Waals surface area contributed by atoms with Crippen molar-refractivity contribution in [3.8, 4) is 0 Å². The molecular formula is C23H31N3O. The number of carbonyl (C=O) groups is 1. The van der Waals surface area contributed by atoms with E-state index in [4.69, 9.17) is 0 Å². The van der Waals surface area contributed by atoms with Gasteiger partial charge in [0, 0.05) is 31.4 Å². The monoisotopic (exact) mass is 365 g/mol. The minimum Gasteiger partial charge on any atom is -0.335 e. The van der Waals surface area contributed by atoms with Crippen molar-refractivity contribution in [1.29, 1.82) is 0 Å². The summed E-state index contributed by atoms with van der Waals surface area (Å²) in [5.41, 5.74) is 4.73. The summed E-state index contributed by atoms with van der Waals surface area (Å²) >= 11 is 0. The minimum absolute atomic E-state index is 0.0768. The predicted molar refractivity (Wildman–Crippen MR) is 112 cm³/mol. The number of aryl methyl sites for hydroxylation is 2. The Kier molecular flexibility index (Phi) is 6.88. The van der Waals surface area contributed by atoms with Crippen LogP contribution in [0.15, 0.2) is 48.5 Å². The van der Waals surface area contributed by atoms with Gasteiger partial charge in [-0.15, -0.1) is 0 Å². The SMILES string of the molecule is CCc1cccc(CC)c1NC(=O)NC1CCN(Cc2ccccc2)CC1. The van der Waals surface area contributed by atoms with Crippen molar-refractivity contribution < 1.29 is 4.79 Å². The molecule has 1 heterocycles. The number of hydrogen-bond acceptors (Lipinski definition) is 2. The number of carbonyl (C=O) groups excluding carboxylic acids is 1. The van der Waals surface area contributed by atoms with E-state index in [1.54, 1.807) is 0 Å². The van der Waals surface area contributed by atoms with E-state index >= 15 is 0 Å². The normalized spacial score (nSPS) is 15.5. The van der Waals surface area contributed by atoms with Crippen molar-refractivity contribution in [2.24, 2.45) is 0 Å². The maximum absolute atomic E-state index is 12.6. The minimum atomic E-state index is -0.0768. The Morgan fingerprint density at radius 2 is 1.59 bits per heavy atom. The molecule has 2 aromatic carbocycles. The molecule has 1 fully saturated rings. The van der Waals surface area contributed by atoms with Gasteiger partial charge in [0.1, 0.15) is 0 Å². The second-order valence-electron chi connectivity index (χ2n) is 7.29. The van der Waals surface area contributed by atoms with Crippen LogP contribution in [0.2, 0.25) is 0 Å². The highest BCUT2D eigenvalue weighted by atomic mass is 16.2. The number of nitrogens with zero attached hydrogens (tertiary/aromatic N) is 1. The van der Waals surface area contributed by atoms with E-state index in [0.717, 1.165) is 51.0 Å². The lowest BCUT2D eigenvalue weighted by molar-refractivity contribution is 0.190. The first-order valence-corrected chi connectivity index (χ1v) is 10.1. The lowest BCUT2D eigenvalue weighted by Gasteiger charge is -2.32. The summed E-state index contributed by atoms with van der Waals surface area (Å²) in [5.74, 6) is 0. The summed E-state index contributed by atoms with van der Waals surface area (Å²) in [4.78, 5) is 15.0. The van der Waals surface area contributed by atoms with Crippen LogP contribution in [-0.4, -0.2) is 30.1 Å². The number of rotatable bonds is 6. The highest BCUT2D eigenvalue weighted by Gasteiger charge is 2.21. The average molecular weight is 366 g/mol. The molecule has 0 spiro atoms. The molecule has 3 rings (SSSR count). The average Bonchev–Trinajstić information content (AvgIpc) is 2.70. The molecule has 0 bridgehead atoms. The summed E-state index contributed by atoms with van der Waals surface area (Å²) in [6.45, 7) is 7.28. The van der Waals surface area contributed by atoms with Gasteiger partial charge in [0.25, 0.3) is 0 Å². The lowest BCUT2D eigenvalue weighted by atomic mass is 10.0. The van der Waals surface area contributed by atoms with E-state index in [1.807, 2.05) is 0 Å². The quantitative estimate of drug-likeness (QED) is 0.786. The molecule has 2 aromatic rings. The molecule has 2 N–H and O–H groups in total. The summed E-state index contributed by atoms with van der Waals surface area (Å²) in [6.07, 6.45) is 3.83. The largest absolute Gasteiger partial charge is 0.335 e. The van der Waals surface area contributed by atoms with Crippen LogP contribution >= 0.6 is 0 Å². The first-order chi connectivity index (χ1) is 13.2. The molecule has 27 heavy (non-hydrogen) atoms. The van der Waals surface area contributed by atoms with Crippen molar-refractivity contribution in [2.45, 2.75) is 52.1 Å². The zero-order valence-corrected chi connectivity index (χ0v) is 16.5. The summed E-state index contributed by atoms with van der Waals surface area (Å²) in [6, 6.07) is 17.0. The topological polar surface area (TPSA) is 44.4 Å². The van der Waals surface area contributed by atoms with Gasteiger partial charge in [-0.05, 0) is 42.4 Å². The number of amides is 2. The Balaban J connectivity index is 1.50. The van der Waals surface area contributed by atoms with Gasteiger partial charge >= 0.3 is 6.03 Å². The van der Waals surface area contributed by atoms with E-state index in [2.05, 4.69) is 77.9 Å². The Bertz CT molecular complexity index is 714. The van der Waals surface area contributed by atoms with Crippen LogP contribution in [0, 0.1) is 0 Å². The molecule has 1 aliphatic heterocycles. The summed E-state index contributed by atoms with van der Waals surface area (Å²) in [5, 5.41) is 6.29. The molecule has 0 aliphatic carbocycles. The molecule has 4 nitrogen and oxygen atoms in total. The number of para-hydroxylation sites is 1. The van der Waals surface area contributed by atoms with E-state index in [1.165, 1.54) is 16.7 Å². The standard InChI is InChI=1S/C23H31N3O/c1-3-19-11-8-12-20(4-2)22(19)25-23(27)24-21-13-15-26(16-14-21)17-18-9-6-5-7-10-18/h5-12,21H,3-4,13-17H2,1-2H3,(H2,24,25,27). The van der Waals surface area contributed by atoms with Crippen LogP contribution in [0.25, 0.3) is 0 Å². The van der Waals surface area contributed by atoms with Crippen molar-refractivity contribution in [3.63, 3.8) is 0 Å². The van der Waals surface area contributed by atoms with Crippen LogP contribution in [0.1, 0.15) is 43.4 Å². The molecule has 1 saturated heterocycles. The third-order valence-electron chi connectivity index (χ3n) is 5.41. The third kappa shape index (κ3) is 5.33. The second kappa shape index (κ2) is 9.56. The summed E-state index contributed by atoms with van der Waals surface area (Å²) in [7, 11) is 0. The fourth-order valence-electron chi connectivity index (χ4n) is 3.82. The Morgan fingerprint density at radius 1 is 0.963 bits per heavy atom. The second-order valence-corrected chi connectivity index (χ2v) is 7.29. The fraction of sp³-hybridized carbons (Fsp3) is 0.435. The summed E-state index contributed by atoms with van der Waals surface area (Å²) < 4.78 is 0. The highest BCUT2D eigenvalue weighted by Crippen LogP contribution is 2.22. The number of urea groups is 1. The van der Waals surface area contributed by atoms with Crippen LogP contribution in [0.4, 0.5) is 10.5 Å². The third-order valence-corrected chi connectivity index (χ3v) is 5.41. The number of piperidine rings is 1. The van der Waals surface area contributed by atoms with Gasteiger partial charge in [-0.1, -0.05) is 62.4 Å². The lowest BCUT2D eigenvalue weighted by Crippen LogP contribution is -2.45. The van der Waals surface area contributed by atoms with Gasteiger partial charge in [-0.3, -0.25) is 4.90 Å². The van der Waals surface area contributed by atoms with Crippen molar-refractivity contribution in [1.82, 2.24) is 10.2 Å². The zero-order chi connectivity index (χ0) is 19.1. The molecule has 0 aromatic heterocycles. The van der Waals surface area contributed by atoms with Gasteiger partial charge in [-0.2, -0.15) is 0 Å². The molecule has 0 saturated carbocycles. The van der Waals surface area contributed by atoms with Crippen molar-refractivity contribution >= 4 is 11.7 Å². The van der Waals surface area contributed by atoms with Gasteiger partial charge in [-0.25, -0.2) is 4.79 Å². The number of nitrogens with one attached hydrogen (secondary N) is 2. The first kappa shape index (κ1) is 19.4. The van der Waals surface area contributed by atoms with Crippen LogP contribution in [0.5, 0.6) is 0 Å². The molecule has 0 radical (unpaired) electrons. The molecular weight excluding hydrogens is 334 g/mol. The van der Waals surface area contributed by atoms with E-state index in [0.29, 0.717) is 0 Å². The Labute approximate surface area is 163 Å². The molecule has 144 valence electrons. The van der Waals surface area contributed by atoms with E-state index in [-0.39, 0.29) is 12.1 Å². The van der Waals surface area contributed by atoms with Crippen molar-refractivity contribution in [3.05, 3.63) is 65.2 Å². The van der Waals surface area contributed by atoms with Crippen LogP contribution in [0.3, 0.4) is 0 Å². The molecule has 2 amide bonds. The van der Waals surface area contributed by atoms with E-state index in [9.17, 15) is 4.79 Å². The highest BCUT2D eigenvalue weighted by molar-refractivity contribution is 5.91. The molecule has 1 aliphatic rings. The number of benzene rings is 2. The molecule has 4 heteroatoms. The number of hydrogen-bond donors (Lipinski definition) is 2. The van der Waals surface area contributed by atoms with Gasteiger partial charge in [0.2, 0.25) is 0 Å². The van der Waals surface area contributed by atoms with Gasteiger partial charge < -0.3 is 10.6 Å². The molecule has 0 unspecified atom stereocenters. The van der Waals surface area contributed by atoms with Crippen LogP contribution < -0.4 is 10.6 Å². The van der Waals surface area contributed by atoms with Gasteiger partial charge in [0.15, 0.2) is 0 Å². The maximum Gasteiger partial charge on any atom is 0.319 e. The first-order valence-electron chi connectivity index (χ1n) is 10.1. The van der Waals surface area contributed by atoms with Crippen molar-refractivity contribution in [2.75, 3.05) is 18.4 Å². The zero-order valence-electron chi connectivity index (χ0n) is 16.5. The molecule has 0 atom stereocenters.